The van der Waals surface area contributed by atoms with Crippen molar-refractivity contribution in [3.8, 4) is 11.1 Å². The number of rotatable bonds is 8. The lowest BCUT2D eigenvalue weighted by molar-refractivity contribution is -0.118. The maximum absolute atomic E-state index is 13.6. The molecule has 0 heterocycles. The highest BCUT2D eigenvalue weighted by molar-refractivity contribution is 6.02. The van der Waals surface area contributed by atoms with Crippen LogP contribution in [0.3, 0.4) is 0 Å². The molecular weight excluding hydrogens is 451 g/mol. The summed E-state index contributed by atoms with van der Waals surface area (Å²) in [4.78, 5) is 36.8. The zero-order chi connectivity index (χ0) is 24.9. The SMILES string of the molecule is C=CCC(NC(=O)OCC1c2ccccc2-c2ccccc21)C(=O)Nc1cc(F)ccc1C(=O)O. The number of amides is 2. The Kier molecular flexibility index (Phi) is 6.91. The maximum atomic E-state index is 13.6. The molecule has 35 heavy (non-hydrogen) atoms. The second-order valence-electron chi connectivity index (χ2n) is 8.03. The molecule has 0 saturated heterocycles. The summed E-state index contributed by atoms with van der Waals surface area (Å²) < 4.78 is 19.1. The zero-order valence-electron chi connectivity index (χ0n) is 18.7. The molecule has 8 heteroatoms. The summed E-state index contributed by atoms with van der Waals surface area (Å²) in [6, 6.07) is 17.6. The predicted octanol–water partition coefficient (Wildman–Crippen LogP) is 4.95. The van der Waals surface area contributed by atoms with E-state index in [1.165, 1.54) is 6.08 Å². The third kappa shape index (κ3) is 5.06. The van der Waals surface area contributed by atoms with Gasteiger partial charge in [-0.15, -0.1) is 6.58 Å². The molecular formula is C27H23FN2O5. The van der Waals surface area contributed by atoms with E-state index in [1.807, 2.05) is 48.5 Å². The first-order chi connectivity index (χ1) is 16.9. The van der Waals surface area contributed by atoms with Gasteiger partial charge in [0, 0.05) is 5.92 Å². The van der Waals surface area contributed by atoms with E-state index >= 15 is 0 Å². The molecule has 0 spiro atoms. The van der Waals surface area contributed by atoms with Gasteiger partial charge in [0.2, 0.25) is 5.91 Å². The molecule has 0 fully saturated rings. The summed E-state index contributed by atoms with van der Waals surface area (Å²) in [7, 11) is 0. The molecule has 3 aromatic rings. The van der Waals surface area contributed by atoms with Gasteiger partial charge in [0.1, 0.15) is 18.5 Å². The van der Waals surface area contributed by atoms with Crippen molar-refractivity contribution in [3.05, 3.63) is 102 Å². The van der Waals surface area contributed by atoms with Gasteiger partial charge >= 0.3 is 12.1 Å². The van der Waals surface area contributed by atoms with Gasteiger partial charge in [-0.25, -0.2) is 14.0 Å². The molecule has 1 atom stereocenters. The number of anilines is 1. The molecule has 2 amide bonds. The number of hydrogen-bond donors (Lipinski definition) is 3. The quantitative estimate of drug-likeness (QED) is 0.401. The number of hydrogen-bond acceptors (Lipinski definition) is 4. The van der Waals surface area contributed by atoms with Crippen molar-refractivity contribution in [1.29, 1.82) is 0 Å². The molecule has 1 aliphatic rings. The molecule has 3 N–H and O–H groups in total. The van der Waals surface area contributed by atoms with E-state index in [0.717, 1.165) is 40.5 Å². The van der Waals surface area contributed by atoms with Crippen LogP contribution in [0, 0.1) is 5.82 Å². The number of ether oxygens (including phenoxy) is 1. The summed E-state index contributed by atoms with van der Waals surface area (Å²) in [5.41, 5.74) is 3.78. The number of benzene rings is 3. The van der Waals surface area contributed by atoms with Gasteiger partial charge in [-0.1, -0.05) is 54.6 Å². The van der Waals surface area contributed by atoms with Gasteiger partial charge in [-0.3, -0.25) is 4.79 Å². The molecule has 1 unspecified atom stereocenters. The average Bonchev–Trinajstić information content (AvgIpc) is 3.16. The van der Waals surface area contributed by atoms with E-state index in [2.05, 4.69) is 17.2 Å². The first-order valence-corrected chi connectivity index (χ1v) is 10.9. The van der Waals surface area contributed by atoms with E-state index in [1.54, 1.807) is 0 Å². The molecule has 3 aromatic carbocycles. The first kappa shape index (κ1) is 23.7. The van der Waals surface area contributed by atoms with Crippen molar-refractivity contribution in [2.75, 3.05) is 11.9 Å². The molecule has 0 bridgehead atoms. The molecule has 7 nitrogen and oxygen atoms in total. The molecule has 0 aromatic heterocycles. The number of fused-ring (bicyclic) bond motifs is 3. The number of nitrogens with one attached hydrogen (secondary N) is 2. The summed E-state index contributed by atoms with van der Waals surface area (Å²) in [6.45, 7) is 3.65. The molecule has 0 aliphatic heterocycles. The maximum Gasteiger partial charge on any atom is 0.407 e. The Labute approximate surface area is 201 Å². The lowest BCUT2D eigenvalue weighted by Gasteiger charge is -2.19. The van der Waals surface area contributed by atoms with Crippen LogP contribution in [0.25, 0.3) is 11.1 Å². The van der Waals surface area contributed by atoms with Crippen molar-refractivity contribution in [2.45, 2.75) is 18.4 Å². The van der Waals surface area contributed by atoms with Crippen LogP contribution >= 0.6 is 0 Å². The highest BCUT2D eigenvalue weighted by atomic mass is 19.1. The van der Waals surface area contributed by atoms with Crippen molar-refractivity contribution in [2.24, 2.45) is 0 Å². The van der Waals surface area contributed by atoms with Crippen LogP contribution in [0.15, 0.2) is 79.4 Å². The Morgan fingerprint density at radius 2 is 1.66 bits per heavy atom. The normalized spacial score (nSPS) is 12.7. The fraction of sp³-hybridized carbons (Fsp3) is 0.148. The van der Waals surface area contributed by atoms with Crippen LogP contribution in [0.4, 0.5) is 14.9 Å². The monoisotopic (exact) mass is 474 g/mol. The van der Waals surface area contributed by atoms with E-state index in [0.29, 0.717) is 0 Å². The van der Waals surface area contributed by atoms with Crippen molar-refractivity contribution < 1.29 is 28.6 Å². The minimum Gasteiger partial charge on any atom is -0.478 e. The Hall–Kier alpha value is -4.46. The smallest absolute Gasteiger partial charge is 0.407 e. The van der Waals surface area contributed by atoms with Crippen LogP contribution in [-0.2, 0) is 9.53 Å². The average molecular weight is 474 g/mol. The van der Waals surface area contributed by atoms with Crippen LogP contribution in [0.1, 0.15) is 33.8 Å². The first-order valence-electron chi connectivity index (χ1n) is 10.9. The Morgan fingerprint density at radius 3 is 2.26 bits per heavy atom. The van der Waals surface area contributed by atoms with Gasteiger partial charge in [-0.05, 0) is 46.9 Å². The van der Waals surface area contributed by atoms with Crippen LogP contribution in [-0.4, -0.2) is 35.7 Å². The lowest BCUT2D eigenvalue weighted by Crippen LogP contribution is -2.44. The largest absolute Gasteiger partial charge is 0.478 e. The van der Waals surface area contributed by atoms with Gasteiger partial charge in [0.05, 0.1) is 11.3 Å². The minimum absolute atomic E-state index is 0.0494. The summed E-state index contributed by atoms with van der Waals surface area (Å²) >= 11 is 0. The molecule has 0 radical (unpaired) electrons. The second-order valence-corrected chi connectivity index (χ2v) is 8.03. The van der Waals surface area contributed by atoms with E-state index in [4.69, 9.17) is 4.74 Å². The third-order valence-corrected chi connectivity index (χ3v) is 5.82. The van der Waals surface area contributed by atoms with Gasteiger partial charge in [0.25, 0.3) is 0 Å². The summed E-state index contributed by atoms with van der Waals surface area (Å²) in [5.74, 6) is -2.92. The molecule has 178 valence electrons. The Balaban J connectivity index is 1.44. The Morgan fingerprint density at radius 1 is 1.03 bits per heavy atom. The second kappa shape index (κ2) is 10.2. The fourth-order valence-corrected chi connectivity index (χ4v) is 4.21. The van der Waals surface area contributed by atoms with Gasteiger partial charge < -0.3 is 20.5 Å². The summed E-state index contributed by atoms with van der Waals surface area (Å²) in [5, 5.41) is 14.1. The number of carbonyl (C=O) groups excluding carboxylic acids is 2. The van der Waals surface area contributed by atoms with Crippen LogP contribution in [0.5, 0.6) is 0 Å². The number of carboxylic acids is 1. The zero-order valence-corrected chi connectivity index (χ0v) is 18.7. The standard InChI is InChI=1S/C27H23FN2O5/c1-2-7-23(25(31)29-24-14-16(28)12-13-21(24)26(32)33)30-27(34)35-15-22-19-10-5-3-8-17(19)18-9-4-6-11-20(18)22/h2-6,8-14,22-23H,1,7,15H2,(H,29,31)(H,30,34)(H,32,33). The molecule has 0 saturated carbocycles. The van der Waals surface area contributed by atoms with Crippen molar-refractivity contribution in [3.63, 3.8) is 0 Å². The Bertz CT molecular complexity index is 1260. The topological polar surface area (TPSA) is 105 Å². The van der Waals surface area contributed by atoms with Gasteiger partial charge in [0.15, 0.2) is 0 Å². The van der Waals surface area contributed by atoms with Crippen LogP contribution < -0.4 is 10.6 Å². The van der Waals surface area contributed by atoms with E-state index in [-0.39, 0.29) is 30.2 Å². The van der Waals surface area contributed by atoms with Crippen LogP contribution in [0.2, 0.25) is 0 Å². The molecule has 1 aliphatic carbocycles. The number of aromatic carboxylic acids is 1. The summed E-state index contributed by atoms with van der Waals surface area (Å²) in [6.07, 6.45) is 0.664. The van der Waals surface area contributed by atoms with Crippen molar-refractivity contribution in [1.82, 2.24) is 5.32 Å². The fourth-order valence-electron chi connectivity index (χ4n) is 4.21. The van der Waals surface area contributed by atoms with E-state index in [9.17, 15) is 23.9 Å². The predicted molar refractivity (Wildman–Crippen MR) is 129 cm³/mol. The lowest BCUT2D eigenvalue weighted by atomic mass is 9.98. The van der Waals surface area contributed by atoms with Gasteiger partial charge in [-0.2, -0.15) is 0 Å². The number of alkyl carbamates (subject to hydrolysis) is 1. The highest BCUT2D eigenvalue weighted by Gasteiger charge is 2.30. The number of carboxylic acid groups (broad SMARTS) is 1. The minimum atomic E-state index is -1.33. The molecule has 4 rings (SSSR count). The number of halogens is 1. The van der Waals surface area contributed by atoms with Crippen molar-refractivity contribution >= 4 is 23.7 Å². The highest BCUT2D eigenvalue weighted by Crippen LogP contribution is 2.44. The number of carbonyl (C=O) groups is 3. The third-order valence-electron chi connectivity index (χ3n) is 5.82. The van der Waals surface area contributed by atoms with E-state index < -0.39 is 29.8 Å².